The summed E-state index contributed by atoms with van der Waals surface area (Å²) in [6.45, 7) is 0.454. The molecule has 1 aromatic carbocycles. The molecule has 20 heavy (non-hydrogen) atoms. The molecule has 0 fully saturated rings. The van der Waals surface area contributed by atoms with E-state index in [-0.39, 0.29) is 5.91 Å². The summed E-state index contributed by atoms with van der Waals surface area (Å²) in [6.07, 6.45) is 0. The molecule has 0 aliphatic heterocycles. The van der Waals surface area contributed by atoms with Gasteiger partial charge in [-0.1, -0.05) is 12.1 Å². The number of rotatable bonds is 4. The maximum Gasteiger partial charge on any atom is 0.267 e. The predicted octanol–water partition coefficient (Wildman–Crippen LogP) is 2.90. The van der Waals surface area contributed by atoms with Gasteiger partial charge in [0, 0.05) is 13.6 Å². The van der Waals surface area contributed by atoms with Crippen molar-refractivity contribution in [3.63, 3.8) is 0 Å². The summed E-state index contributed by atoms with van der Waals surface area (Å²) in [5, 5.41) is 10.7. The lowest BCUT2D eigenvalue weighted by Gasteiger charge is -2.17. The van der Waals surface area contributed by atoms with Crippen molar-refractivity contribution in [3.8, 4) is 11.8 Å². The third kappa shape index (κ3) is 2.98. The Labute approximate surface area is 121 Å². The van der Waals surface area contributed by atoms with Gasteiger partial charge < -0.3 is 9.64 Å². The molecular formula is C15H14N2O2S. The van der Waals surface area contributed by atoms with Gasteiger partial charge in [-0.3, -0.25) is 4.79 Å². The highest BCUT2D eigenvalue weighted by Crippen LogP contribution is 2.26. The summed E-state index contributed by atoms with van der Waals surface area (Å²) in [7, 11) is 3.29. The Hall–Kier alpha value is -2.32. The Bertz CT molecular complexity index is 658. The van der Waals surface area contributed by atoms with E-state index >= 15 is 0 Å². The molecule has 4 nitrogen and oxygen atoms in total. The Morgan fingerprint density at radius 3 is 2.95 bits per heavy atom. The van der Waals surface area contributed by atoms with Crippen LogP contribution < -0.4 is 4.74 Å². The maximum atomic E-state index is 12.3. The lowest BCUT2D eigenvalue weighted by molar-refractivity contribution is 0.0787. The Kier molecular flexibility index (Phi) is 4.38. The second-order valence-electron chi connectivity index (χ2n) is 4.29. The van der Waals surface area contributed by atoms with Gasteiger partial charge in [0.25, 0.3) is 5.91 Å². The molecule has 102 valence electrons. The molecule has 2 rings (SSSR count). The highest BCUT2D eigenvalue weighted by Gasteiger charge is 2.18. The zero-order valence-electron chi connectivity index (χ0n) is 11.3. The molecule has 0 saturated heterocycles. The summed E-state index contributed by atoms with van der Waals surface area (Å²) in [5.41, 5.74) is 1.52. The highest BCUT2D eigenvalue weighted by molar-refractivity contribution is 7.12. The first-order valence-corrected chi connectivity index (χ1v) is 6.89. The number of carbonyl (C=O) groups is 1. The van der Waals surface area contributed by atoms with Crippen molar-refractivity contribution in [2.24, 2.45) is 0 Å². The zero-order chi connectivity index (χ0) is 14.5. The monoisotopic (exact) mass is 286 g/mol. The molecule has 0 spiro atoms. The van der Waals surface area contributed by atoms with Crippen molar-refractivity contribution in [2.75, 3.05) is 14.2 Å². The molecule has 0 N–H and O–H groups in total. The second-order valence-corrected chi connectivity index (χ2v) is 5.21. The average Bonchev–Trinajstić information content (AvgIpc) is 2.95. The van der Waals surface area contributed by atoms with Gasteiger partial charge in [0.1, 0.15) is 10.6 Å². The molecule has 2 aromatic rings. The number of amides is 1. The molecule has 0 bridgehead atoms. The van der Waals surface area contributed by atoms with Crippen LogP contribution in [0.4, 0.5) is 0 Å². The fraction of sp³-hybridized carbons (Fsp3) is 0.200. The first-order chi connectivity index (χ1) is 9.65. The van der Waals surface area contributed by atoms with E-state index in [1.165, 1.54) is 11.3 Å². The molecule has 1 heterocycles. The first-order valence-electron chi connectivity index (χ1n) is 6.01. The van der Waals surface area contributed by atoms with E-state index in [2.05, 4.69) is 6.07 Å². The number of ether oxygens (including phenoxy) is 1. The molecule has 0 atom stereocenters. The minimum Gasteiger partial charge on any atom is -0.495 e. The highest BCUT2D eigenvalue weighted by atomic mass is 32.1. The summed E-state index contributed by atoms with van der Waals surface area (Å²) in [4.78, 5) is 14.5. The van der Waals surface area contributed by atoms with E-state index < -0.39 is 0 Å². The summed E-state index contributed by atoms with van der Waals surface area (Å²) in [6, 6.07) is 11.1. The fourth-order valence-electron chi connectivity index (χ4n) is 1.87. The topological polar surface area (TPSA) is 53.3 Å². The third-order valence-corrected chi connectivity index (χ3v) is 3.75. The van der Waals surface area contributed by atoms with Gasteiger partial charge in [-0.25, -0.2) is 0 Å². The van der Waals surface area contributed by atoms with E-state index in [0.29, 0.717) is 22.7 Å². The van der Waals surface area contributed by atoms with E-state index in [9.17, 15) is 4.79 Å². The van der Waals surface area contributed by atoms with Crippen molar-refractivity contribution >= 4 is 17.2 Å². The van der Waals surface area contributed by atoms with Gasteiger partial charge in [0.15, 0.2) is 0 Å². The SMILES string of the molecule is COc1ccsc1C(=O)N(C)Cc1cccc(C#N)c1. The van der Waals surface area contributed by atoms with Crippen LogP contribution in [0.2, 0.25) is 0 Å². The number of thiophene rings is 1. The second kappa shape index (κ2) is 6.22. The minimum absolute atomic E-state index is 0.0841. The van der Waals surface area contributed by atoms with E-state index in [4.69, 9.17) is 10.00 Å². The van der Waals surface area contributed by atoms with Crippen molar-refractivity contribution in [3.05, 3.63) is 51.7 Å². The standard InChI is InChI=1S/C15H14N2O2S/c1-17(10-12-5-3-4-11(8-12)9-16)15(18)14-13(19-2)6-7-20-14/h3-8H,10H2,1-2H3. The Balaban J connectivity index is 2.13. The van der Waals surface area contributed by atoms with Gasteiger partial charge in [0.2, 0.25) is 0 Å². The van der Waals surface area contributed by atoms with E-state index in [0.717, 1.165) is 5.56 Å². The number of hydrogen-bond donors (Lipinski definition) is 0. The lowest BCUT2D eigenvalue weighted by Crippen LogP contribution is -2.25. The summed E-state index contributed by atoms with van der Waals surface area (Å²) < 4.78 is 5.16. The van der Waals surface area contributed by atoms with Crippen LogP contribution in [-0.4, -0.2) is 25.0 Å². The predicted molar refractivity (Wildman–Crippen MR) is 77.8 cm³/mol. The zero-order valence-corrected chi connectivity index (χ0v) is 12.1. The van der Waals surface area contributed by atoms with Gasteiger partial charge in [-0.05, 0) is 29.1 Å². The van der Waals surface area contributed by atoms with Crippen molar-refractivity contribution in [2.45, 2.75) is 6.54 Å². The van der Waals surface area contributed by atoms with Gasteiger partial charge in [0.05, 0.1) is 18.7 Å². The van der Waals surface area contributed by atoms with Crippen LogP contribution in [0.5, 0.6) is 5.75 Å². The molecule has 0 unspecified atom stereocenters. The van der Waals surface area contributed by atoms with Crippen LogP contribution >= 0.6 is 11.3 Å². The van der Waals surface area contributed by atoms with Crippen molar-refractivity contribution < 1.29 is 9.53 Å². The number of nitriles is 1. The number of hydrogen-bond acceptors (Lipinski definition) is 4. The van der Waals surface area contributed by atoms with Crippen LogP contribution in [0.25, 0.3) is 0 Å². The van der Waals surface area contributed by atoms with Crippen LogP contribution in [0.3, 0.4) is 0 Å². The fourth-order valence-corrected chi connectivity index (χ4v) is 2.72. The summed E-state index contributed by atoms with van der Waals surface area (Å²) in [5.74, 6) is 0.511. The summed E-state index contributed by atoms with van der Waals surface area (Å²) >= 11 is 1.36. The van der Waals surface area contributed by atoms with Crippen LogP contribution in [-0.2, 0) is 6.54 Å². The lowest BCUT2D eigenvalue weighted by atomic mass is 10.1. The number of nitrogens with zero attached hydrogens (tertiary/aromatic N) is 2. The van der Waals surface area contributed by atoms with Crippen LogP contribution in [0.1, 0.15) is 20.8 Å². The van der Waals surface area contributed by atoms with Crippen LogP contribution in [0, 0.1) is 11.3 Å². The number of benzene rings is 1. The quantitative estimate of drug-likeness (QED) is 0.868. The molecule has 0 radical (unpaired) electrons. The van der Waals surface area contributed by atoms with E-state index in [1.807, 2.05) is 17.5 Å². The van der Waals surface area contributed by atoms with Crippen molar-refractivity contribution in [1.82, 2.24) is 4.90 Å². The number of methoxy groups -OCH3 is 1. The van der Waals surface area contributed by atoms with Gasteiger partial charge >= 0.3 is 0 Å². The maximum absolute atomic E-state index is 12.3. The van der Waals surface area contributed by atoms with E-state index in [1.54, 1.807) is 37.3 Å². The molecule has 0 saturated carbocycles. The normalized spacial score (nSPS) is 9.85. The minimum atomic E-state index is -0.0841. The smallest absolute Gasteiger partial charge is 0.267 e. The Morgan fingerprint density at radius 2 is 2.25 bits per heavy atom. The average molecular weight is 286 g/mol. The first kappa shape index (κ1) is 14.1. The number of carbonyl (C=O) groups excluding carboxylic acids is 1. The Morgan fingerprint density at radius 1 is 1.45 bits per heavy atom. The van der Waals surface area contributed by atoms with Crippen molar-refractivity contribution in [1.29, 1.82) is 5.26 Å². The third-order valence-electron chi connectivity index (χ3n) is 2.87. The molecule has 1 amide bonds. The molecule has 0 aliphatic carbocycles. The van der Waals surface area contributed by atoms with Gasteiger partial charge in [-0.2, -0.15) is 5.26 Å². The largest absolute Gasteiger partial charge is 0.495 e. The molecule has 0 aliphatic rings. The molecule has 1 aromatic heterocycles. The molecule has 5 heteroatoms. The molecular weight excluding hydrogens is 272 g/mol. The van der Waals surface area contributed by atoms with Crippen LogP contribution in [0.15, 0.2) is 35.7 Å². The van der Waals surface area contributed by atoms with Gasteiger partial charge in [-0.15, -0.1) is 11.3 Å².